The van der Waals surface area contributed by atoms with E-state index in [1.54, 1.807) is 0 Å². The summed E-state index contributed by atoms with van der Waals surface area (Å²) in [5, 5.41) is 14.3. The Balaban J connectivity index is 1.91. The zero-order valence-corrected chi connectivity index (χ0v) is 18.1. The number of hydrogen-bond acceptors (Lipinski definition) is 6. The maximum atomic E-state index is 10.7. The number of nitrogens with zero attached hydrogens (tertiary/aromatic N) is 2. The van der Waals surface area contributed by atoms with Gasteiger partial charge >= 0.3 is 5.97 Å². The largest absolute Gasteiger partial charge is 0.477 e. The monoisotopic (exact) mass is 445 g/mol. The summed E-state index contributed by atoms with van der Waals surface area (Å²) in [5.41, 5.74) is 9.50. The summed E-state index contributed by atoms with van der Waals surface area (Å²) in [6.45, 7) is 0.0821. The molecule has 6 nitrogen and oxygen atoms in total. The Labute approximate surface area is 191 Å². The molecule has 0 saturated heterocycles. The highest BCUT2D eigenvalue weighted by Gasteiger charge is 2.47. The van der Waals surface area contributed by atoms with Crippen LogP contribution in [-0.4, -0.2) is 34.3 Å². The molecule has 0 fully saturated rings. The Hall–Kier alpha value is -3.55. The number of carboxylic acid groups (broad SMARTS) is 1. The number of benzene rings is 3. The summed E-state index contributed by atoms with van der Waals surface area (Å²) in [7, 11) is 0. The molecule has 1 aliphatic rings. The number of oxime groups is 1. The van der Waals surface area contributed by atoms with Crippen LogP contribution in [0.15, 0.2) is 107 Å². The second-order valence-corrected chi connectivity index (χ2v) is 8.15. The van der Waals surface area contributed by atoms with E-state index < -0.39 is 17.0 Å². The molecule has 0 radical (unpaired) electrons. The van der Waals surface area contributed by atoms with E-state index in [-0.39, 0.29) is 6.61 Å². The number of thioether (sulfide) groups is 1. The van der Waals surface area contributed by atoms with Crippen LogP contribution in [0.1, 0.15) is 16.7 Å². The third-order valence-electron chi connectivity index (χ3n) is 5.29. The van der Waals surface area contributed by atoms with E-state index in [2.05, 4.69) is 46.5 Å². The van der Waals surface area contributed by atoms with Crippen LogP contribution in [-0.2, 0) is 15.2 Å². The van der Waals surface area contributed by atoms with Gasteiger partial charge in [0, 0.05) is 0 Å². The van der Waals surface area contributed by atoms with E-state index in [0.29, 0.717) is 0 Å². The highest BCUT2D eigenvalue weighted by Crippen LogP contribution is 2.48. The average molecular weight is 446 g/mol. The molecule has 0 amide bonds. The van der Waals surface area contributed by atoms with Crippen LogP contribution in [0.3, 0.4) is 0 Å². The van der Waals surface area contributed by atoms with Crippen molar-refractivity contribution in [1.82, 2.24) is 4.90 Å². The Kier molecular flexibility index (Phi) is 6.58. The van der Waals surface area contributed by atoms with Crippen molar-refractivity contribution in [1.29, 1.82) is 0 Å². The second-order valence-electron chi connectivity index (χ2n) is 7.16. The summed E-state index contributed by atoms with van der Waals surface area (Å²) in [4.78, 5) is 18.2. The molecular weight excluding hydrogens is 422 g/mol. The van der Waals surface area contributed by atoms with Gasteiger partial charge in [-0.1, -0.05) is 108 Å². The number of carboxylic acids is 1. The van der Waals surface area contributed by atoms with Crippen LogP contribution in [0.25, 0.3) is 0 Å². The summed E-state index contributed by atoms with van der Waals surface area (Å²) < 4.78 is 0. The molecular formula is C25H23N3O3S. The molecule has 7 heteroatoms. The number of rotatable bonds is 8. The number of carbonyl (C=O) groups is 1. The Morgan fingerprint density at radius 2 is 1.44 bits per heavy atom. The predicted octanol–water partition coefficient (Wildman–Crippen LogP) is 4.20. The molecule has 3 aromatic rings. The van der Waals surface area contributed by atoms with Gasteiger partial charge in [0.15, 0.2) is 12.8 Å². The summed E-state index contributed by atoms with van der Waals surface area (Å²) >= 11 is 1.48. The zero-order chi connectivity index (χ0) is 22.4. The molecule has 32 heavy (non-hydrogen) atoms. The lowest BCUT2D eigenvalue weighted by Gasteiger charge is -2.47. The number of hydrogen-bond donors (Lipinski definition) is 2. The molecule has 1 unspecified atom stereocenters. The first-order valence-corrected chi connectivity index (χ1v) is 11.0. The van der Waals surface area contributed by atoms with Crippen LogP contribution >= 0.6 is 11.8 Å². The van der Waals surface area contributed by atoms with Crippen molar-refractivity contribution in [2.45, 2.75) is 11.0 Å². The molecule has 0 aliphatic carbocycles. The lowest BCUT2D eigenvalue weighted by molar-refractivity contribution is -0.129. The minimum atomic E-state index is -1.17. The summed E-state index contributed by atoms with van der Waals surface area (Å²) in [5.74, 6) is -1.17. The van der Waals surface area contributed by atoms with Crippen molar-refractivity contribution in [3.8, 4) is 0 Å². The van der Waals surface area contributed by atoms with E-state index in [4.69, 9.17) is 15.7 Å². The standard InChI is InChI=1S/C25H23N3O3S/c26-24-28(22(18-32-24)17-31-27-16-23(29)30)25(19-10-4-1-5-11-19,20-12-6-2-7-13-20)21-14-8-3-9-15-21/h1-16,18,24H,17,26H2,(H,29,30). The fourth-order valence-corrected chi connectivity index (χ4v) is 4.97. The van der Waals surface area contributed by atoms with Crippen LogP contribution in [0.5, 0.6) is 0 Å². The minimum Gasteiger partial charge on any atom is -0.477 e. The molecule has 1 atom stereocenters. The van der Waals surface area contributed by atoms with Crippen molar-refractivity contribution in [2.24, 2.45) is 10.9 Å². The average Bonchev–Trinajstić information content (AvgIpc) is 3.20. The van der Waals surface area contributed by atoms with Crippen molar-refractivity contribution >= 4 is 23.9 Å². The molecule has 0 saturated carbocycles. The van der Waals surface area contributed by atoms with Crippen LogP contribution in [0.4, 0.5) is 0 Å². The van der Waals surface area contributed by atoms with Gasteiger partial charge in [-0.2, -0.15) is 0 Å². The maximum absolute atomic E-state index is 10.7. The molecule has 4 rings (SSSR count). The van der Waals surface area contributed by atoms with Crippen molar-refractivity contribution in [3.05, 3.63) is 119 Å². The van der Waals surface area contributed by atoms with E-state index in [0.717, 1.165) is 28.6 Å². The van der Waals surface area contributed by atoms with Gasteiger partial charge in [-0.3, -0.25) is 0 Å². The fourth-order valence-electron chi connectivity index (χ4n) is 4.08. The molecule has 0 bridgehead atoms. The van der Waals surface area contributed by atoms with Gasteiger partial charge in [0.2, 0.25) is 0 Å². The summed E-state index contributed by atoms with van der Waals surface area (Å²) in [6.07, 6.45) is 0.728. The molecule has 3 N–H and O–H groups in total. The second kappa shape index (κ2) is 9.72. The Morgan fingerprint density at radius 3 is 1.88 bits per heavy atom. The summed E-state index contributed by atoms with van der Waals surface area (Å²) in [6, 6.07) is 30.6. The molecule has 0 aromatic heterocycles. The predicted molar refractivity (Wildman–Crippen MR) is 127 cm³/mol. The third kappa shape index (κ3) is 4.12. The lowest BCUT2D eigenvalue weighted by atomic mass is 9.75. The van der Waals surface area contributed by atoms with E-state index in [1.807, 2.05) is 60.0 Å². The van der Waals surface area contributed by atoms with Gasteiger partial charge in [-0.25, -0.2) is 4.79 Å². The highest BCUT2D eigenvalue weighted by molar-refractivity contribution is 8.02. The van der Waals surface area contributed by atoms with Gasteiger partial charge in [0.1, 0.15) is 11.0 Å². The third-order valence-corrected chi connectivity index (χ3v) is 6.19. The highest BCUT2D eigenvalue weighted by atomic mass is 32.2. The molecule has 0 spiro atoms. The molecule has 162 valence electrons. The molecule has 3 aromatic carbocycles. The topological polar surface area (TPSA) is 88.2 Å². The van der Waals surface area contributed by atoms with Gasteiger partial charge < -0.3 is 20.6 Å². The fraction of sp³-hybridized carbons (Fsp3) is 0.120. The van der Waals surface area contributed by atoms with Crippen LogP contribution in [0.2, 0.25) is 0 Å². The van der Waals surface area contributed by atoms with Crippen molar-refractivity contribution < 1.29 is 14.7 Å². The van der Waals surface area contributed by atoms with Gasteiger partial charge in [-0.05, 0) is 22.1 Å². The minimum absolute atomic E-state index is 0.0821. The first-order valence-electron chi connectivity index (χ1n) is 10.1. The van der Waals surface area contributed by atoms with Gasteiger partial charge in [0.05, 0.1) is 5.70 Å². The van der Waals surface area contributed by atoms with E-state index in [1.165, 1.54) is 11.8 Å². The maximum Gasteiger partial charge on any atom is 0.350 e. The van der Waals surface area contributed by atoms with Crippen molar-refractivity contribution in [3.63, 3.8) is 0 Å². The van der Waals surface area contributed by atoms with Crippen LogP contribution < -0.4 is 5.73 Å². The molecule has 1 aliphatic heterocycles. The van der Waals surface area contributed by atoms with E-state index in [9.17, 15) is 4.79 Å². The van der Waals surface area contributed by atoms with Crippen LogP contribution in [0, 0.1) is 0 Å². The number of nitrogens with two attached hydrogens (primary N) is 1. The smallest absolute Gasteiger partial charge is 0.350 e. The normalized spacial score (nSPS) is 16.2. The quantitative estimate of drug-likeness (QED) is 0.307. The number of aliphatic carboxylic acids is 1. The SMILES string of the molecule is NC1SC=C(CON=CC(=O)O)N1C(c1ccccc1)(c1ccccc1)c1ccccc1. The Bertz CT molecular complexity index is 1010. The lowest BCUT2D eigenvalue weighted by Crippen LogP contribution is -2.53. The van der Waals surface area contributed by atoms with E-state index >= 15 is 0 Å². The zero-order valence-electron chi connectivity index (χ0n) is 17.2. The van der Waals surface area contributed by atoms with Crippen molar-refractivity contribution in [2.75, 3.05) is 6.61 Å². The Morgan fingerprint density at radius 1 is 0.969 bits per heavy atom. The first kappa shape index (κ1) is 21.7. The molecule has 1 heterocycles. The van der Waals surface area contributed by atoms with Gasteiger partial charge in [0.25, 0.3) is 0 Å². The van der Waals surface area contributed by atoms with Gasteiger partial charge in [-0.15, -0.1) is 0 Å². The first-order chi connectivity index (χ1) is 15.6.